The van der Waals surface area contributed by atoms with E-state index >= 15 is 0 Å². The second-order valence-corrected chi connectivity index (χ2v) is 6.88. The zero-order chi connectivity index (χ0) is 17.1. The van der Waals surface area contributed by atoms with Crippen LogP contribution in [0.4, 0.5) is 8.78 Å². The highest BCUT2D eigenvalue weighted by Crippen LogP contribution is 2.23. The van der Waals surface area contributed by atoms with Crippen molar-refractivity contribution in [2.75, 3.05) is 39.9 Å². The molecule has 2 aliphatic heterocycles. The minimum atomic E-state index is -0.717. The van der Waals surface area contributed by atoms with Crippen molar-refractivity contribution < 1.29 is 18.3 Å². The summed E-state index contributed by atoms with van der Waals surface area (Å²) in [5, 5.41) is 0. The van der Waals surface area contributed by atoms with Crippen LogP contribution in [-0.4, -0.2) is 61.6 Å². The van der Waals surface area contributed by atoms with Crippen LogP contribution in [0.3, 0.4) is 0 Å². The number of hydrogen-bond acceptors (Lipinski definition) is 3. The molecule has 0 unspecified atom stereocenters. The monoisotopic (exact) mass is 338 g/mol. The van der Waals surface area contributed by atoms with E-state index in [0.717, 1.165) is 50.6 Å². The molecule has 1 aromatic carbocycles. The van der Waals surface area contributed by atoms with Crippen LogP contribution in [0.2, 0.25) is 0 Å². The van der Waals surface area contributed by atoms with Crippen molar-refractivity contribution in [3.05, 3.63) is 35.4 Å². The van der Waals surface area contributed by atoms with Crippen LogP contribution in [0.5, 0.6) is 0 Å². The first-order chi connectivity index (χ1) is 11.5. The zero-order valence-corrected chi connectivity index (χ0v) is 14.0. The van der Waals surface area contributed by atoms with Gasteiger partial charge in [0.1, 0.15) is 11.6 Å². The molecular formula is C18H24F2N2O2. The fourth-order valence-electron chi connectivity index (χ4n) is 3.55. The van der Waals surface area contributed by atoms with Gasteiger partial charge in [-0.15, -0.1) is 0 Å². The molecule has 132 valence electrons. The summed E-state index contributed by atoms with van der Waals surface area (Å²) in [4.78, 5) is 17.0. The van der Waals surface area contributed by atoms with Gasteiger partial charge in [-0.25, -0.2) is 8.78 Å². The number of hydrogen-bond donors (Lipinski definition) is 0. The van der Waals surface area contributed by atoms with Crippen LogP contribution < -0.4 is 0 Å². The summed E-state index contributed by atoms with van der Waals surface area (Å²) in [5.74, 6) is -1.42. The van der Waals surface area contributed by atoms with Gasteiger partial charge < -0.3 is 14.5 Å². The maximum atomic E-state index is 13.5. The van der Waals surface area contributed by atoms with E-state index in [1.165, 1.54) is 0 Å². The molecule has 0 aliphatic carbocycles. The first kappa shape index (κ1) is 17.3. The molecule has 1 aromatic rings. The molecular weight excluding hydrogens is 314 g/mol. The number of amides is 1. The van der Waals surface area contributed by atoms with Crippen molar-refractivity contribution in [3.8, 4) is 0 Å². The van der Waals surface area contributed by atoms with Crippen LogP contribution in [0, 0.1) is 17.6 Å². The molecule has 4 nitrogen and oxygen atoms in total. The lowest BCUT2D eigenvalue weighted by Gasteiger charge is -2.38. The number of carbonyl (C=O) groups excluding carboxylic acids is 1. The average molecular weight is 338 g/mol. The van der Waals surface area contributed by atoms with Crippen LogP contribution in [0.25, 0.3) is 0 Å². The minimum absolute atomic E-state index is 0.0883. The summed E-state index contributed by atoms with van der Waals surface area (Å²) in [5.41, 5.74) is 0.0883. The molecule has 0 bridgehead atoms. The second-order valence-electron chi connectivity index (χ2n) is 6.88. The Hall–Kier alpha value is -1.53. The van der Waals surface area contributed by atoms with Gasteiger partial charge in [0, 0.05) is 36.7 Å². The molecule has 6 heteroatoms. The van der Waals surface area contributed by atoms with E-state index in [4.69, 9.17) is 4.74 Å². The van der Waals surface area contributed by atoms with E-state index < -0.39 is 11.6 Å². The molecule has 2 heterocycles. The highest BCUT2D eigenvalue weighted by molar-refractivity contribution is 5.94. The number of rotatable bonds is 4. The van der Waals surface area contributed by atoms with Gasteiger partial charge in [-0.1, -0.05) is 0 Å². The Morgan fingerprint density at radius 2 is 1.88 bits per heavy atom. The van der Waals surface area contributed by atoms with Gasteiger partial charge >= 0.3 is 0 Å². The number of ether oxygens (including phenoxy) is 1. The maximum absolute atomic E-state index is 13.5. The molecule has 1 atom stereocenters. The van der Waals surface area contributed by atoms with E-state index in [-0.39, 0.29) is 17.5 Å². The molecule has 2 aliphatic rings. The Balaban J connectivity index is 1.80. The van der Waals surface area contributed by atoms with Gasteiger partial charge in [0.25, 0.3) is 5.91 Å². The molecule has 0 N–H and O–H groups in total. The molecule has 1 amide bonds. The molecule has 2 saturated heterocycles. The lowest BCUT2D eigenvalue weighted by atomic mass is 9.99. The predicted molar refractivity (Wildman–Crippen MR) is 86.8 cm³/mol. The Kier molecular flexibility index (Phi) is 5.46. The van der Waals surface area contributed by atoms with E-state index in [1.54, 1.807) is 0 Å². The van der Waals surface area contributed by atoms with Crippen molar-refractivity contribution >= 4 is 5.91 Å². The number of likely N-dealkylation sites (tertiary alicyclic amines) is 1. The lowest BCUT2D eigenvalue weighted by molar-refractivity contribution is 0.0535. The number of piperidine rings is 1. The third-order valence-corrected chi connectivity index (χ3v) is 4.98. The molecule has 3 rings (SSSR count). The summed E-state index contributed by atoms with van der Waals surface area (Å²) in [6.07, 6.45) is 2.69. The fraction of sp³-hybridized carbons (Fsp3) is 0.611. The summed E-state index contributed by atoms with van der Waals surface area (Å²) in [7, 11) is 2.06. The summed E-state index contributed by atoms with van der Waals surface area (Å²) in [6, 6.07) is 3.15. The molecule has 0 aromatic heterocycles. The van der Waals surface area contributed by atoms with Gasteiger partial charge in [0.15, 0.2) is 0 Å². The van der Waals surface area contributed by atoms with Crippen LogP contribution in [0.1, 0.15) is 29.6 Å². The van der Waals surface area contributed by atoms with Gasteiger partial charge in [0.05, 0.1) is 6.61 Å². The van der Waals surface area contributed by atoms with Crippen LogP contribution in [-0.2, 0) is 4.74 Å². The van der Waals surface area contributed by atoms with Crippen molar-refractivity contribution in [1.82, 2.24) is 9.80 Å². The Morgan fingerprint density at radius 3 is 2.46 bits per heavy atom. The lowest BCUT2D eigenvalue weighted by Crippen LogP contribution is -2.48. The van der Waals surface area contributed by atoms with E-state index in [1.807, 2.05) is 4.90 Å². The molecule has 2 fully saturated rings. The summed E-state index contributed by atoms with van der Waals surface area (Å²) >= 11 is 0. The number of carbonyl (C=O) groups is 1. The number of nitrogens with zero attached hydrogens (tertiary/aromatic N) is 2. The van der Waals surface area contributed by atoms with Crippen molar-refractivity contribution in [3.63, 3.8) is 0 Å². The Bertz CT molecular complexity index is 562. The normalized spacial score (nSPS) is 22.7. The Morgan fingerprint density at radius 1 is 1.21 bits per heavy atom. The van der Waals surface area contributed by atoms with Crippen LogP contribution >= 0.6 is 0 Å². The highest BCUT2D eigenvalue weighted by Gasteiger charge is 2.31. The number of halogens is 2. The SMILES string of the molecule is CN1CCC(N(C[C@H]2CCOC2)C(=O)c2cc(F)cc(F)c2)CC1. The minimum Gasteiger partial charge on any atom is -0.381 e. The highest BCUT2D eigenvalue weighted by atomic mass is 19.1. The molecule has 0 radical (unpaired) electrons. The van der Waals surface area contributed by atoms with Gasteiger partial charge in [0.2, 0.25) is 0 Å². The van der Waals surface area contributed by atoms with Crippen molar-refractivity contribution in [1.29, 1.82) is 0 Å². The number of benzene rings is 1. The van der Waals surface area contributed by atoms with Crippen molar-refractivity contribution in [2.45, 2.75) is 25.3 Å². The van der Waals surface area contributed by atoms with E-state index in [9.17, 15) is 13.6 Å². The molecule has 24 heavy (non-hydrogen) atoms. The van der Waals surface area contributed by atoms with Gasteiger partial charge in [-0.3, -0.25) is 4.79 Å². The summed E-state index contributed by atoms with van der Waals surface area (Å²) < 4.78 is 32.4. The van der Waals surface area contributed by atoms with Crippen LogP contribution in [0.15, 0.2) is 18.2 Å². The quantitative estimate of drug-likeness (QED) is 0.846. The third-order valence-electron chi connectivity index (χ3n) is 4.98. The van der Waals surface area contributed by atoms with E-state index in [2.05, 4.69) is 11.9 Å². The smallest absolute Gasteiger partial charge is 0.254 e. The first-order valence-corrected chi connectivity index (χ1v) is 8.56. The standard InChI is InChI=1S/C18H24F2N2O2/c1-21-5-2-17(3-6-21)22(11-13-4-7-24-12-13)18(23)14-8-15(19)10-16(20)9-14/h8-10,13,17H,2-7,11-12H2,1H3/t13-/m1/s1. The van der Waals surface area contributed by atoms with E-state index in [0.29, 0.717) is 25.7 Å². The molecule has 0 saturated carbocycles. The topological polar surface area (TPSA) is 32.8 Å². The average Bonchev–Trinajstić information content (AvgIpc) is 3.05. The van der Waals surface area contributed by atoms with Gasteiger partial charge in [-0.2, -0.15) is 0 Å². The molecule has 0 spiro atoms. The zero-order valence-electron chi connectivity index (χ0n) is 14.0. The second kappa shape index (κ2) is 7.57. The Labute approximate surface area is 141 Å². The summed E-state index contributed by atoms with van der Waals surface area (Å²) in [6.45, 7) is 3.80. The maximum Gasteiger partial charge on any atom is 0.254 e. The fourth-order valence-corrected chi connectivity index (χ4v) is 3.55. The first-order valence-electron chi connectivity index (χ1n) is 8.56. The van der Waals surface area contributed by atoms with Crippen molar-refractivity contribution in [2.24, 2.45) is 5.92 Å². The third kappa shape index (κ3) is 4.11. The largest absolute Gasteiger partial charge is 0.381 e. The predicted octanol–water partition coefficient (Wildman–Crippen LogP) is 2.54. The van der Waals surface area contributed by atoms with Gasteiger partial charge in [-0.05, 0) is 51.5 Å².